The first-order valence-electron chi connectivity index (χ1n) is 4.92. The van der Waals surface area contributed by atoms with Gasteiger partial charge in [0.2, 0.25) is 0 Å². The molecular formula is C11H21NO2. The Morgan fingerprint density at radius 1 is 1.43 bits per heavy atom. The summed E-state index contributed by atoms with van der Waals surface area (Å²) in [6.07, 6.45) is 4.61. The molecule has 0 aromatic heterocycles. The van der Waals surface area contributed by atoms with Gasteiger partial charge in [0.25, 0.3) is 0 Å². The molecule has 0 bridgehead atoms. The lowest BCUT2D eigenvalue weighted by atomic mass is 10.2. The molecular weight excluding hydrogens is 178 g/mol. The number of ether oxygens (including phenoxy) is 1. The maximum Gasteiger partial charge on any atom is 0.410 e. The largest absolute Gasteiger partial charge is 0.444 e. The second-order valence-electron chi connectivity index (χ2n) is 4.26. The van der Waals surface area contributed by atoms with Gasteiger partial charge in [-0.3, -0.25) is 0 Å². The van der Waals surface area contributed by atoms with Crippen LogP contribution in [0.5, 0.6) is 0 Å². The zero-order valence-electron chi connectivity index (χ0n) is 9.83. The molecule has 0 saturated carbocycles. The molecule has 0 spiro atoms. The minimum Gasteiger partial charge on any atom is -0.444 e. The van der Waals surface area contributed by atoms with Gasteiger partial charge >= 0.3 is 6.09 Å². The van der Waals surface area contributed by atoms with E-state index < -0.39 is 5.60 Å². The van der Waals surface area contributed by atoms with Crippen molar-refractivity contribution in [2.45, 2.75) is 39.7 Å². The van der Waals surface area contributed by atoms with Gasteiger partial charge in [-0.25, -0.2) is 4.79 Å². The molecule has 82 valence electrons. The molecule has 0 N–H and O–H groups in total. The lowest BCUT2D eigenvalue weighted by molar-refractivity contribution is 0.0301. The summed E-state index contributed by atoms with van der Waals surface area (Å²) in [4.78, 5) is 13.0. The highest BCUT2D eigenvalue weighted by Gasteiger charge is 2.18. The summed E-state index contributed by atoms with van der Waals surface area (Å²) < 4.78 is 5.19. The van der Waals surface area contributed by atoms with Crippen molar-refractivity contribution in [3.63, 3.8) is 0 Å². The molecule has 0 unspecified atom stereocenters. The lowest BCUT2D eigenvalue weighted by Crippen LogP contribution is -2.34. The van der Waals surface area contributed by atoms with E-state index in [0.717, 1.165) is 6.42 Å². The summed E-state index contributed by atoms with van der Waals surface area (Å²) in [6.45, 7) is 8.26. The van der Waals surface area contributed by atoms with Crippen LogP contribution in [0, 0.1) is 0 Å². The van der Waals surface area contributed by atoms with E-state index in [1.54, 1.807) is 11.9 Å². The van der Waals surface area contributed by atoms with Crippen LogP contribution in [0.1, 0.15) is 34.1 Å². The van der Waals surface area contributed by atoms with E-state index >= 15 is 0 Å². The summed E-state index contributed by atoms with van der Waals surface area (Å²) in [6, 6.07) is 0. The Bertz CT molecular complexity index is 204. The van der Waals surface area contributed by atoms with Crippen LogP contribution in [0.3, 0.4) is 0 Å². The van der Waals surface area contributed by atoms with Gasteiger partial charge in [0.15, 0.2) is 0 Å². The third-order valence-corrected chi connectivity index (χ3v) is 1.57. The zero-order chi connectivity index (χ0) is 11.2. The van der Waals surface area contributed by atoms with Crippen LogP contribution in [0.4, 0.5) is 4.79 Å². The fraction of sp³-hybridized carbons (Fsp3) is 0.727. The second-order valence-corrected chi connectivity index (χ2v) is 4.26. The molecule has 14 heavy (non-hydrogen) atoms. The minimum atomic E-state index is -0.411. The minimum absolute atomic E-state index is 0.262. The van der Waals surface area contributed by atoms with Crippen molar-refractivity contribution in [1.82, 2.24) is 4.90 Å². The van der Waals surface area contributed by atoms with Crippen LogP contribution in [0.15, 0.2) is 12.2 Å². The van der Waals surface area contributed by atoms with Gasteiger partial charge in [0.05, 0.1) is 0 Å². The number of hydrogen-bond donors (Lipinski definition) is 0. The molecule has 0 saturated heterocycles. The summed E-state index contributed by atoms with van der Waals surface area (Å²) in [5.74, 6) is 0. The third kappa shape index (κ3) is 6.52. The van der Waals surface area contributed by atoms with Gasteiger partial charge in [0, 0.05) is 13.6 Å². The van der Waals surface area contributed by atoms with Crippen LogP contribution in [0.25, 0.3) is 0 Å². The fourth-order valence-corrected chi connectivity index (χ4v) is 0.866. The molecule has 0 aromatic rings. The van der Waals surface area contributed by atoms with Crippen molar-refractivity contribution in [2.75, 3.05) is 13.6 Å². The van der Waals surface area contributed by atoms with Crippen LogP contribution >= 0.6 is 0 Å². The van der Waals surface area contributed by atoms with Gasteiger partial charge in [-0.1, -0.05) is 12.2 Å². The molecule has 3 nitrogen and oxygen atoms in total. The summed E-state index contributed by atoms with van der Waals surface area (Å²) in [7, 11) is 1.75. The highest BCUT2D eigenvalue weighted by atomic mass is 16.6. The first kappa shape index (κ1) is 13.0. The molecule has 0 aliphatic heterocycles. The van der Waals surface area contributed by atoms with Gasteiger partial charge in [-0.15, -0.1) is 0 Å². The molecule has 0 rings (SSSR count). The topological polar surface area (TPSA) is 29.5 Å². The van der Waals surface area contributed by atoms with Gasteiger partial charge in [0.1, 0.15) is 5.60 Å². The van der Waals surface area contributed by atoms with E-state index in [0.29, 0.717) is 6.54 Å². The maximum atomic E-state index is 11.4. The van der Waals surface area contributed by atoms with Crippen molar-refractivity contribution in [3.8, 4) is 0 Å². The fourth-order valence-electron chi connectivity index (χ4n) is 0.866. The number of rotatable bonds is 3. The van der Waals surface area contributed by atoms with Crippen molar-refractivity contribution < 1.29 is 9.53 Å². The molecule has 0 atom stereocenters. The highest BCUT2D eigenvalue weighted by molar-refractivity contribution is 5.67. The van der Waals surface area contributed by atoms with Crippen molar-refractivity contribution >= 4 is 6.09 Å². The Balaban J connectivity index is 3.88. The smallest absolute Gasteiger partial charge is 0.410 e. The van der Waals surface area contributed by atoms with Crippen molar-refractivity contribution in [2.24, 2.45) is 0 Å². The number of allylic oxidation sites excluding steroid dienone is 1. The van der Waals surface area contributed by atoms with Crippen LogP contribution in [-0.2, 0) is 4.74 Å². The number of carbonyl (C=O) groups excluding carboxylic acids is 1. The summed E-state index contributed by atoms with van der Waals surface area (Å²) >= 11 is 0. The normalized spacial score (nSPS) is 11.8. The van der Waals surface area contributed by atoms with Crippen LogP contribution in [-0.4, -0.2) is 30.2 Å². The highest BCUT2D eigenvalue weighted by Crippen LogP contribution is 2.09. The predicted molar refractivity (Wildman–Crippen MR) is 58.3 cm³/mol. The third-order valence-electron chi connectivity index (χ3n) is 1.57. The lowest BCUT2D eigenvalue weighted by Gasteiger charge is -2.24. The van der Waals surface area contributed by atoms with Gasteiger partial charge in [-0.2, -0.15) is 0 Å². The Morgan fingerprint density at radius 2 is 2.00 bits per heavy atom. The molecule has 3 heteroatoms. The standard InChI is InChI=1S/C11H21NO2/c1-6-7-8-9-12(5)10(13)14-11(2,3)4/h6-7H,8-9H2,1-5H3/b7-6+. The molecule has 1 amide bonds. The predicted octanol–water partition coefficient (Wildman–Crippen LogP) is 2.82. The Kier molecular flexibility index (Phi) is 5.28. The zero-order valence-corrected chi connectivity index (χ0v) is 9.83. The molecule has 0 aliphatic carbocycles. The SMILES string of the molecule is C/C=C/CCN(C)C(=O)OC(C)(C)C. The Labute approximate surface area is 86.7 Å². The maximum absolute atomic E-state index is 11.4. The van der Waals surface area contributed by atoms with Gasteiger partial charge < -0.3 is 9.64 Å². The Morgan fingerprint density at radius 3 is 2.43 bits per heavy atom. The van der Waals surface area contributed by atoms with E-state index in [1.807, 2.05) is 39.8 Å². The monoisotopic (exact) mass is 199 g/mol. The number of amides is 1. The first-order chi connectivity index (χ1) is 6.37. The molecule has 0 radical (unpaired) electrons. The number of nitrogens with zero attached hydrogens (tertiary/aromatic N) is 1. The molecule has 0 heterocycles. The number of hydrogen-bond acceptors (Lipinski definition) is 2. The van der Waals surface area contributed by atoms with E-state index in [1.165, 1.54) is 0 Å². The average Bonchev–Trinajstić information content (AvgIpc) is 2.01. The Hall–Kier alpha value is -0.990. The first-order valence-corrected chi connectivity index (χ1v) is 4.92. The second kappa shape index (κ2) is 5.68. The van der Waals surface area contributed by atoms with E-state index in [2.05, 4.69) is 0 Å². The molecule has 0 fully saturated rings. The average molecular weight is 199 g/mol. The van der Waals surface area contributed by atoms with E-state index in [9.17, 15) is 4.79 Å². The number of carbonyl (C=O) groups is 1. The molecule has 0 aliphatic rings. The van der Waals surface area contributed by atoms with Crippen LogP contribution in [0.2, 0.25) is 0 Å². The van der Waals surface area contributed by atoms with Crippen molar-refractivity contribution in [3.05, 3.63) is 12.2 Å². The van der Waals surface area contributed by atoms with Crippen LogP contribution < -0.4 is 0 Å². The van der Waals surface area contributed by atoms with E-state index in [-0.39, 0.29) is 6.09 Å². The van der Waals surface area contributed by atoms with E-state index in [4.69, 9.17) is 4.74 Å². The molecule has 0 aromatic carbocycles. The van der Waals surface area contributed by atoms with Gasteiger partial charge in [-0.05, 0) is 34.1 Å². The summed E-state index contributed by atoms with van der Waals surface area (Å²) in [5.41, 5.74) is -0.411. The quantitative estimate of drug-likeness (QED) is 0.654. The van der Waals surface area contributed by atoms with Crippen molar-refractivity contribution in [1.29, 1.82) is 0 Å². The summed E-state index contributed by atoms with van der Waals surface area (Å²) in [5, 5.41) is 0.